The number of piperazine rings is 1. The van der Waals surface area contributed by atoms with E-state index in [4.69, 9.17) is 16.3 Å². The lowest BCUT2D eigenvalue weighted by atomic mass is 10.0. The first-order valence-electron chi connectivity index (χ1n) is 10.4. The number of methoxy groups -OCH3 is 1. The summed E-state index contributed by atoms with van der Waals surface area (Å²) >= 11 is 6.04. The van der Waals surface area contributed by atoms with E-state index in [1.54, 1.807) is 24.1 Å². The van der Waals surface area contributed by atoms with E-state index >= 15 is 0 Å². The molecule has 0 unspecified atom stereocenters. The van der Waals surface area contributed by atoms with Gasteiger partial charge in [0.15, 0.2) is 0 Å². The van der Waals surface area contributed by atoms with Gasteiger partial charge in [-0.15, -0.1) is 0 Å². The number of benzene rings is 2. The number of halogens is 1. The van der Waals surface area contributed by atoms with Gasteiger partial charge in [0.05, 0.1) is 45.0 Å². The van der Waals surface area contributed by atoms with Crippen molar-refractivity contribution in [2.24, 2.45) is 0 Å². The Kier molecular flexibility index (Phi) is 6.26. The van der Waals surface area contributed by atoms with Crippen molar-refractivity contribution < 1.29 is 14.4 Å². The second-order valence-electron chi connectivity index (χ2n) is 7.89. The molecule has 2 aliphatic heterocycles. The Morgan fingerprint density at radius 3 is 2.45 bits per heavy atom. The highest BCUT2D eigenvalue weighted by molar-refractivity contribution is 6.30. The molecule has 2 saturated heterocycles. The van der Waals surface area contributed by atoms with Gasteiger partial charge in [0.1, 0.15) is 5.75 Å². The molecule has 2 aromatic rings. The molecule has 0 saturated carbocycles. The number of anilines is 1. The molecule has 0 aromatic heterocycles. The fraction of sp³-hybridized carbons (Fsp3) is 0.435. The van der Waals surface area contributed by atoms with Gasteiger partial charge in [0, 0.05) is 36.5 Å². The smallest absolute Gasteiger partial charge is 0.253 e. The lowest BCUT2D eigenvalue weighted by Crippen LogP contribution is -3.18. The summed E-state index contributed by atoms with van der Waals surface area (Å²) in [5.41, 5.74) is 1.88. The number of piperidine rings is 1. The van der Waals surface area contributed by atoms with Crippen molar-refractivity contribution >= 4 is 23.2 Å². The predicted molar refractivity (Wildman–Crippen MR) is 116 cm³/mol. The standard InChI is InChI=1S/C23H28ClN3O2/c1-29-22-8-3-2-7-21(22)26-15-13-25(14-16-26)20-9-11-27(12-10-20)23(28)18-5-4-6-19(24)17-18/h2-8,17,20H,9-16H2,1H3/p+1. The molecule has 0 atom stereocenters. The molecule has 5 nitrogen and oxygen atoms in total. The Morgan fingerprint density at radius 1 is 1.03 bits per heavy atom. The number of nitrogens with one attached hydrogen (secondary N) is 1. The average Bonchev–Trinajstić information content (AvgIpc) is 2.79. The normalized spacial score (nSPS) is 18.7. The minimum absolute atomic E-state index is 0.0990. The molecule has 29 heavy (non-hydrogen) atoms. The van der Waals surface area contributed by atoms with Crippen molar-refractivity contribution in [2.45, 2.75) is 18.9 Å². The third-order valence-electron chi connectivity index (χ3n) is 6.26. The van der Waals surface area contributed by atoms with Crippen molar-refractivity contribution in [2.75, 3.05) is 51.3 Å². The maximum absolute atomic E-state index is 12.7. The number of nitrogens with zero attached hydrogens (tertiary/aromatic N) is 2. The van der Waals surface area contributed by atoms with Crippen molar-refractivity contribution in [1.29, 1.82) is 0 Å². The Hall–Kier alpha value is -2.24. The van der Waals surface area contributed by atoms with Crippen molar-refractivity contribution in [3.05, 3.63) is 59.1 Å². The zero-order valence-electron chi connectivity index (χ0n) is 16.9. The summed E-state index contributed by atoms with van der Waals surface area (Å²) in [4.78, 5) is 18.8. The molecule has 0 aliphatic carbocycles. The Balaban J connectivity index is 1.29. The van der Waals surface area contributed by atoms with Gasteiger partial charge in [-0.25, -0.2) is 0 Å². The number of rotatable bonds is 4. The number of likely N-dealkylation sites (tertiary alicyclic amines) is 1. The Bertz CT molecular complexity index is 844. The number of hydrogen-bond acceptors (Lipinski definition) is 3. The van der Waals surface area contributed by atoms with Gasteiger partial charge >= 0.3 is 0 Å². The molecular weight excluding hydrogens is 386 g/mol. The highest BCUT2D eigenvalue weighted by Crippen LogP contribution is 2.27. The second kappa shape index (κ2) is 9.06. The molecule has 2 heterocycles. The SMILES string of the molecule is COc1ccccc1N1CC[NH+](C2CCN(C(=O)c3cccc(Cl)c3)CC2)CC1. The number of carbonyl (C=O) groups is 1. The topological polar surface area (TPSA) is 37.2 Å². The molecule has 6 heteroatoms. The van der Waals surface area contributed by atoms with Crippen molar-refractivity contribution in [3.63, 3.8) is 0 Å². The van der Waals surface area contributed by atoms with Crippen molar-refractivity contribution in [3.8, 4) is 5.75 Å². The van der Waals surface area contributed by atoms with E-state index < -0.39 is 0 Å². The molecule has 0 radical (unpaired) electrons. The molecule has 1 amide bonds. The van der Waals surface area contributed by atoms with E-state index in [-0.39, 0.29) is 5.91 Å². The van der Waals surface area contributed by atoms with E-state index in [9.17, 15) is 4.79 Å². The van der Waals surface area contributed by atoms with Crippen LogP contribution in [0.2, 0.25) is 5.02 Å². The quantitative estimate of drug-likeness (QED) is 0.834. The number of ether oxygens (including phenoxy) is 1. The maximum atomic E-state index is 12.7. The van der Waals surface area contributed by atoms with Crippen LogP contribution < -0.4 is 14.5 Å². The van der Waals surface area contributed by atoms with E-state index in [0.717, 1.165) is 57.9 Å². The van der Waals surface area contributed by atoms with Crippen LogP contribution in [0.1, 0.15) is 23.2 Å². The van der Waals surface area contributed by atoms with E-state index in [1.165, 1.54) is 5.69 Å². The van der Waals surface area contributed by atoms with Crippen LogP contribution in [0.3, 0.4) is 0 Å². The molecule has 0 spiro atoms. The van der Waals surface area contributed by atoms with Gasteiger partial charge in [-0.3, -0.25) is 4.79 Å². The first-order chi connectivity index (χ1) is 14.2. The summed E-state index contributed by atoms with van der Waals surface area (Å²) in [6.45, 7) is 6.00. The van der Waals surface area contributed by atoms with Gasteiger partial charge in [0.25, 0.3) is 5.91 Å². The average molecular weight is 415 g/mol. The maximum Gasteiger partial charge on any atom is 0.253 e. The molecule has 2 fully saturated rings. The van der Waals surface area contributed by atoms with E-state index in [1.807, 2.05) is 29.2 Å². The Morgan fingerprint density at radius 2 is 1.76 bits per heavy atom. The highest BCUT2D eigenvalue weighted by Gasteiger charge is 2.32. The third kappa shape index (κ3) is 4.51. The van der Waals surface area contributed by atoms with Gasteiger partial charge in [-0.2, -0.15) is 0 Å². The molecule has 2 aromatic carbocycles. The summed E-state index contributed by atoms with van der Waals surface area (Å²) in [5, 5.41) is 0.614. The van der Waals surface area contributed by atoms with E-state index in [0.29, 0.717) is 16.6 Å². The summed E-state index contributed by atoms with van der Waals surface area (Å²) in [7, 11) is 1.73. The van der Waals surface area contributed by atoms with Crippen LogP contribution in [0.4, 0.5) is 5.69 Å². The number of hydrogen-bond donors (Lipinski definition) is 1. The number of carbonyl (C=O) groups excluding carboxylic acids is 1. The molecule has 154 valence electrons. The van der Waals surface area contributed by atoms with Crippen LogP contribution in [0, 0.1) is 0 Å². The van der Waals surface area contributed by atoms with Crippen LogP contribution in [-0.2, 0) is 0 Å². The van der Waals surface area contributed by atoms with E-state index in [2.05, 4.69) is 17.0 Å². The molecule has 4 rings (SSSR count). The predicted octanol–water partition coefficient (Wildman–Crippen LogP) is 2.36. The summed E-state index contributed by atoms with van der Waals surface area (Å²) in [6, 6.07) is 16.2. The first-order valence-corrected chi connectivity index (χ1v) is 10.8. The fourth-order valence-corrected chi connectivity index (χ4v) is 4.82. The monoisotopic (exact) mass is 414 g/mol. The summed E-state index contributed by atoms with van der Waals surface area (Å²) < 4.78 is 5.53. The molecule has 1 N–H and O–H groups in total. The largest absolute Gasteiger partial charge is 0.495 e. The van der Waals surface area contributed by atoms with Gasteiger partial charge < -0.3 is 19.4 Å². The minimum atomic E-state index is 0.0990. The number of quaternary nitrogens is 1. The molecule has 0 bridgehead atoms. The fourth-order valence-electron chi connectivity index (χ4n) is 4.63. The van der Waals surface area contributed by atoms with Gasteiger partial charge in [0.2, 0.25) is 0 Å². The summed E-state index contributed by atoms with van der Waals surface area (Å²) in [5.74, 6) is 1.05. The second-order valence-corrected chi connectivity index (χ2v) is 8.33. The van der Waals surface area contributed by atoms with Crippen molar-refractivity contribution in [1.82, 2.24) is 4.90 Å². The minimum Gasteiger partial charge on any atom is -0.495 e. The van der Waals surface area contributed by atoms with Crippen LogP contribution in [-0.4, -0.2) is 63.2 Å². The first kappa shape index (κ1) is 20.0. The summed E-state index contributed by atoms with van der Waals surface area (Å²) in [6.07, 6.45) is 2.13. The lowest BCUT2D eigenvalue weighted by Gasteiger charge is -2.41. The van der Waals surface area contributed by atoms with Crippen LogP contribution in [0.15, 0.2) is 48.5 Å². The number of para-hydroxylation sites is 2. The number of amides is 1. The van der Waals surface area contributed by atoms with Gasteiger partial charge in [-0.05, 0) is 30.3 Å². The van der Waals surface area contributed by atoms with Crippen LogP contribution in [0.5, 0.6) is 5.75 Å². The van der Waals surface area contributed by atoms with Gasteiger partial charge in [-0.1, -0.05) is 29.8 Å². The zero-order chi connectivity index (χ0) is 20.2. The Labute approximate surface area is 177 Å². The van der Waals surface area contributed by atoms with Crippen LogP contribution >= 0.6 is 11.6 Å². The molecular formula is C23H29ClN3O2+. The van der Waals surface area contributed by atoms with Crippen LogP contribution in [0.25, 0.3) is 0 Å². The lowest BCUT2D eigenvalue weighted by molar-refractivity contribution is -0.927. The zero-order valence-corrected chi connectivity index (χ0v) is 17.7. The highest BCUT2D eigenvalue weighted by atomic mass is 35.5. The molecule has 2 aliphatic rings. The third-order valence-corrected chi connectivity index (χ3v) is 6.50.